The topological polar surface area (TPSA) is 42.0 Å². The predicted octanol–water partition coefficient (Wildman–Crippen LogP) is 1.71. The molecule has 1 amide bonds. The van der Waals surface area contributed by atoms with Gasteiger partial charge in [-0.15, -0.1) is 0 Å². The van der Waals surface area contributed by atoms with E-state index in [0.29, 0.717) is 6.04 Å². The molecule has 0 aromatic rings. The van der Waals surface area contributed by atoms with E-state index < -0.39 is 5.60 Å². The molecular formula is C14H26N2O3. The van der Waals surface area contributed by atoms with Crippen LogP contribution >= 0.6 is 0 Å². The van der Waals surface area contributed by atoms with Crippen molar-refractivity contribution in [3.05, 3.63) is 0 Å². The third-order valence-electron chi connectivity index (χ3n) is 3.48. The van der Waals surface area contributed by atoms with E-state index in [1.807, 2.05) is 20.8 Å². The van der Waals surface area contributed by atoms with Crippen LogP contribution in [0.2, 0.25) is 0 Å². The third kappa shape index (κ3) is 3.83. The molecule has 0 aromatic carbocycles. The first-order chi connectivity index (χ1) is 8.74. The summed E-state index contributed by atoms with van der Waals surface area (Å²) in [7, 11) is 0. The first-order valence-corrected chi connectivity index (χ1v) is 7.12. The number of carbonyl (C=O) groups excluding carboxylic acids is 1. The Bertz CT molecular complexity index is 324. The maximum Gasteiger partial charge on any atom is 0.410 e. The van der Waals surface area contributed by atoms with Crippen molar-refractivity contribution < 1.29 is 14.3 Å². The molecule has 2 rings (SSSR count). The Kier molecular flexibility index (Phi) is 4.06. The zero-order valence-corrected chi connectivity index (χ0v) is 12.7. The van der Waals surface area contributed by atoms with Gasteiger partial charge in [-0.3, -0.25) is 4.90 Å². The molecular weight excluding hydrogens is 244 g/mol. The second-order valence-electron chi connectivity index (χ2n) is 6.75. The SMILES string of the molecule is C[C@@H]1CN(C2CN(C(=O)OC(C)(C)C)C2)C[C@H](C)O1. The minimum absolute atomic E-state index is 0.196. The number of amides is 1. The Balaban J connectivity index is 1.78. The highest BCUT2D eigenvalue weighted by atomic mass is 16.6. The summed E-state index contributed by atoms with van der Waals surface area (Å²) in [5, 5.41) is 0. The highest BCUT2D eigenvalue weighted by Crippen LogP contribution is 2.22. The lowest BCUT2D eigenvalue weighted by atomic mass is 10.1. The van der Waals surface area contributed by atoms with Crippen molar-refractivity contribution >= 4 is 6.09 Å². The molecule has 2 heterocycles. The van der Waals surface area contributed by atoms with Gasteiger partial charge < -0.3 is 14.4 Å². The van der Waals surface area contributed by atoms with Gasteiger partial charge >= 0.3 is 6.09 Å². The highest BCUT2D eigenvalue weighted by molar-refractivity contribution is 5.69. The van der Waals surface area contributed by atoms with Crippen LogP contribution in [0.25, 0.3) is 0 Å². The zero-order chi connectivity index (χ0) is 14.2. The largest absolute Gasteiger partial charge is 0.444 e. The average Bonchev–Trinajstić information content (AvgIpc) is 2.09. The van der Waals surface area contributed by atoms with Crippen molar-refractivity contribution in [2.24, 2.45) is 0 Å². The van der Waals surface area contributed by atoms with Crippen LogP contribution in [0.1, 0.15) is 34.6 Å². The van der Waals surface area contributed by atoms with E-state index in [0.717, 1.165) is 26.2 Å². The number of morpholine rings is 1. The third-order valence-corrected chi connectivity index (χ3v) is 3.48. The van der Waals surface area contributed by atoms with Crippen LogP contribution in [0.5, 0.6) is 0 Å². The first kappa shape index (κ1) is 14.6. The molecule has 5 nitrogen and oxygen atoms in total. The van der Waals surface area contributed by atoms with Gasteiger partial charge in [0.2, 0.25) is 0 Å². The number of rotatable bonds is 1. The summed E-state index contributed by atoms with van der Waals surface area (Å²) in [5.74, 6) is 0. The molecule has 19 heavy (non-hydrogen) atoms. The maximum absolute atomic E-state index is 11.9. The summed E-state index contributed by atoms with van der Waals surface area (Å²) in [4.78, 5) is 16.1. The second-order valence-corrected chi connectivity index (χ2v) is 6.75. The standard InChI is InChI=1S/C14H26N2O3/c1-10-6-15(7-11(2)18-10)12-8-16(9-12)13(17)19-14(3,4)5/h10-12H,6-9H2,1-5H3/t10-,11+. The van der Waals surface area contributed by atoms with E-state index in [9.17, 15) is 4.79 Å². The molecule has 0 aliphatic carbocycles. The summed E-state index contributed by atoms with van der Waals surface area (Å²) in [5.41, 5.74) is -0.413. The number of hydrogen-bond donors (Lipinski definition) is 0. The Morgan fingerprint density at radius 1 is 1.11 bits per heavy atom. The lowest BCUT2D eigenvalue weighted by molar-refractivity contribution is -0.101. The Labute approximate surface area is 115 Å². The molecule has 2 atom stereocenters. The van der Waals surface area contributed by atoms with Crippen molar-refractivity contribution in [1.82, 2.24) is 9.80 Å². The fourth-order valence-corrected chi connectivity index (χ4v) is 2.68. The summed E-state index contributed by atoms with van der Waals surface area (Å²) < 4.78 is 11.1. The molecule has 0 radical (unpaired) electrons. The fourth-order valence-electron chi connectivity index (χ4n) is 2.68. The molecule has 5 heteroatoms. The number of ether oxygens (including phenoxy) is 2. The van der Waals surface area contributed by atoms with Crippen LogP contribution in [-0.4, -0.2) is 65.9 Å². The lowest BCUT2D eigenvalue weighted by Gasteiger charge is -2.48. The summed E-state index contributed by atoms with van der Waals surface area (Å²) in [6.07, 6.45) is 0.358. The molecule has 2 fully saturated rings. The van der Waals surface area contributed by atoms with Gasteiger partial charge in [0.25, 0.3) is 0 Å². The Morgan fingerprint density at radius 2 is 1.63 bits per heavy atom. The van der Waals surface area contributed by atoms with Crippen molar-refractivity contribution in [3.63, 3.8) is 0 Å². The van der Waals surface area contributed by atoms with E-state index >= 15 is 0 Å². The molecule has 0 aromatic heterocycles. The molecule has 110 valence electrons. The first-order valence-electron chi connectivity index (χ1n) is 7.12. The van der Waals surface area contributed by atoms with E-state index in [1.54, 1.807) is 4.90 Å². The van der Waals surface area contributed by atoms with E-state index in [-0.39, 0.29) is 18.3 Å². The molecule has 0 bridgehead atoms. The quantitative estimate of drug-likeness (QED) is 0.727. The van der Waals surface area contributed by atoms with Gasteiger partial charge in [0.15, 0.2) is 0 Å². The van der Waals surface area contributed by atoms with Crippen molar-refractivity contribution in [1.29, 1.82) is 0 Å². The molecule has 2 aliphatic heterocycles. The predicted molar refractivity (Wildman–Crippen MR) is 73.2 cm³/mol. The van der Waals surface area contributed by atoms with Gasteiger partial charge in [-0.1, -0.05) is 0 Å². The van der Waals surface area contributed by atoms with E-state index in [4.69, 9.17) is 9.47 Å². The number of hydrogen-bond acceptors (Lipinski definition) is 4. The Hall–Kier alpha value is -0.810. The number of likely N-dealkylation sites (tertiary alicyclic amines) is 1. The van der Waals surface area contributed by atoms with Gasteiger partial charge in [0.1, 0.15) is 5.60 Å². The molecule has 0 spiro atoms. The highest BCUT2D eigenvalue weighted by Gasteiger charge is 2.39. The Morgan fingerprint density at radius 3 is 2.11 bits per heavy atom. The van der Waals surface area contributed by atoms with Crippen LogP contribution < -0.4 is 0 Å². The maximum atomic E-state index is 11.9. The van der Waals surface area contributed by atoms with Crippen LogP contribution in [0.3, 0.4) is 0 Å². The molecule has 2 saturated heterocycles. The van der Waals surface area contributed by atoms with E-state index in [1.165, 1.54) is 0 Å². The average molecular weight is 270 g/mol. The zero-order valence-electron chi connectivity index (χ0n) is 12.7. The lowest BCUT2D eigenvalue weighted by Crippen LogP contribution is -2.64. The molecule has 0 unspecified atom stereocenters. The van der Waals surface area contributed by atoms with Crippen LogP contribution in [-0.2, 0) is 9.47 Å². The van der Waals surface area contributed by atoms with Gasteiger partial charge in [0.05, 0.1) is 12.2 Å². The second kappa shape index (κ2) is 5.29. The smallest absolute Gasteiger partial charge is 0.410 e. The minimum atomic E-state index is -0.413. The minimum Gasteiger partial charge on any atom is -0.444 e. The van der Waals surface area contributed by atoms with Crippen molar-refractivity contribution in [3.8, 4) is 0 Å². The van der Waals surface area contributed by atoms with Gasteiger partial charge in [-0.25, -0.2) is 4.79 Å². The van der Waals surface area contributed by atoms with Gasteiger partial charge in [-0.05, 0) is 34.6 Å². The molecule has 0 N–H and O–H groups in total. The summed E-state index contributed by atoms with van der Waals surface area (Å²) in [6.45, 7) is 13.4. The fraction of sp³-hybridized carbons (Fsp3) is 0.929. The van der Waals surface area contributed by atoms with Crippen LogP contribution in [0.15, 0.2) is 0 Å². The van der Waals surface area contributed by atoms with Crippen LogP contribution in [0, 0.1) is 0 Å². The monoisotopic (exact) mass is 270 g/mol. The normalized spacial score (nSPS) is 30.1. The van der Waals surface area contributed by atoms with Crippen LogP contribution in [0.4, 0.5) is 4.79 Å². The number of nitrogens with zero attached hydrogens (tertiary/aromatic N) is 2. The van der Waals surface area contributed by atoms with Gasteiger partial charge in [0, 0.05) is 32.2 Å². The number of carbonyl (C=O) groups is 1. The van der Waals surface area contributed by atoms with Crippen molar-refractivity contribution in [2.75, 3.05) is 26.2 Å². The van der Waals surface area contributed by atoms with Crippen molar-refractivity contribution in [2.45, 2.75) is 58.5 Å². The molecule has 0 saturated carbocycles. The van der Waals surface area contributed by atoms with Gasteiger partial charge in [-0.2, -0.15) is 0 Å². The summed E-state index contributed by atoms with van der Waals surface area (Å²) in [6, 6.07) is 0.460. The molecule has 2 aliphatic rings. The summed E-state index contributed by atoms with van der Waals surface area (Å²) >= 11 is 0. The van der Waals surface area contributed by atoms with E-state index in [2.05, 4.69) is 18.7 Å².